The number of aryl methyl sites for hydroxylation is 1. The van der Waals surface area contributed by atoms with Crippen LogP contribution in [-0.4, -0.2) is 34.2 Å². The summed E-state index contributed by atoms with van der Waals surface area (Å²) in [6.07, 6.45) is 2.51. The first-order valence-corrected chi connectivity index (χ1v) is 7.10. The van der Waals surface area contributed by atoms with Gasteiger partial charge in [-0.05, 0) is 31.7 Å². The second-order valence-electron chi connectivity index (χ2n) is 5.58. The van der Waals surface area contributed by atoms with Gasteiger partial charge in [-0.3, -0.25) is 4.79 Å². The lowest BCUT2D eigenvalue weighted by Gasteiger charge is -2.20. The first-order chi connectivity index (χ1) is 9.83. The van der Waals surface area contributed by atoms with Gasteiger partial charge in [0.2, 0.25) is 5.91 Å². The number of rotatable bonds is 8. The summed E-state index contributed by atoms with van der Waals surface area (Å²) in [5.41, 5.74) is -0.696. The quantitative estimate of drug-likeness (QED) is 0.679. The molecule has 1 aromatic rings. The number of carbonyl (C=O) groups excluding carboxylic acids is 1. The smallest absolute Gasteiger partial charge is 0.337 e. The van der Waals surface area contributed by atoms with Crippen LogP contribution in [0, 0.1) is 5.92 Å². The van der Waals surface area contributed by atoms with Gasteiger partial charge < -0.3 is 15.5 Å². The number of hydrogen-bond acceptors (Lipinski definition) is 3. The van der Waals surface area contributed by atoms with Gasteiger partial charge in [-0.2, -0.15) is 0 Å². The van der Waals surface area contributed by atoms with E-state index in [1.54, 1.807) is 6.92 Å². The zero-order valence-corrected chi connectivity index (χ0v) is 12.5. The topological polar surface area (TPSA) is 86.6 Å². The van der Waals surface area contributed by atoms with Crippen molar-refractivity contribution in [2.75, 3.05) is 6.54 Å². The third kappa shape index (κ3) is 5.95. The van der Waals surface area contributed by atoms with E-state index in [-0.39, 0.29) is 18.4 Å². The summed E-state index contributed by atoms with van der Waals surface area (Å²) in [6.45, 7) is 2.68. The van der Waals surface area contributed by atoms with Crippen LogP contribution in [0.3, 0.4) is 0 Å². The highest BCUT2D eigenvalue weighted by Crippen LogP contribution is 2.11. The molecule has 5 heteroatoms. The molecule has 0 heterocycles. The van der Waals surface area contributed by atoms with E-state index in [4.69, 9.17) is 5.11 Å². The Balaban J connectivity index is 2.30. The Bertz CT molecular complexity index is 470. The van der Waals surface area contributed by atoms with Crippen LogP contribution in [0.4, 0.5) is 0 Å². The molecule has 0 aliphatic rings. The fourth-order valence-corrected chi connectivity index (χ4v) is 1.90. The minimum absolute atomic E-state index is 0.210. The van der Waals surface area contributed by atoms with E-state index >= 15 is 0 Å². The van der Waals surface area contributed by atoms with Crippen LogP contribution in [0.15, 0.2) is 30.3 Å². The first-order valence-electron chi connectivity index (χ1n) is 7.10. The maximum atomic E-state index is 11.8. The lowest BCUT2D eigenvalue weighted by Crippen LogP contribution is -2.47. The number of carboxylic acids is 1. The summed E-state index contributed by atoms with van der Waals surface area (Å²) in [4.78, 5) is 22.6. The Morgan fingerprint density at radius 3 is 2.48 bits per heavy atom. The van der Waals surface area contributed by atoms with Gasteiger partial charge in [0, 0.05) is 5.92 Å². The molecule has 0 aromatic heterocycles. The molecule has 5 nitrogen and oxygen atoms in total. The van der Waals surface area contributed by atoms with Crippen LogP contribution >= 0.6 is 0 Å². The number of benzene rings is 1. The van der Waals surface area contributed by atoms with Crippen molar-refractivity contribution in [3.8, 4) is 0 Å². The molecule has 2 unspecified atom stereocenters. The zero-order valence-electron chi connectivity index (χ0n) is 12.5. The summed E-state index contributed by atoms with van der Waals surface area (Å²) >= 11 is 0. The van der Waals surface area contributed by atoms with E-state index in [0.717, 1.165) is 26.2 Å². The van der Waals surface area contributed by atoms with Crippen LogP contribution in [0.25, 0.3) is 0 Å². The van der Waals surface area contributed by atoms with Crippen LogP contribution in [0.1, 0.15) is 32.3 Å². The standard InChI is InChI=1S/C16H23NO4/c1-12(7-6-10-13-8-4-3-5-9-13)14(18)17-11-16(2,21)15(19)20/h3-5,8-9,12,21H,6-7,10-11H2,1-2H3,(H,17,18)(H,19,20). The van der Waals surface area contributed by atoms with Crippen LogP contribution in [0.2, 0.25) is 0 Å². The highest BCUT2D eigenvalue weighted by atomic mass is 16.4. The molecule has 1 rings (SSSR count). The molecule has 2 atom stereocenters. The van der Waals surface area contributed by atoms with Crippen LogP contribution in [-0.2, 0) is 16.0 Å². The minimum atomic E-state index is -1.93. The molecule has 21 heavy (non-hydrogen) atoms. The Kier molecular flexibility index (Phi) is 6.37. The number of aliphatic carboxylic acids is 1. The van der Waals surface area contributed by atoms with Crippen LogP contribution in [0.5, 0.6) is 0 Å². The van der Waals surface area contributed by atoms with Gasteiger partial charge in [0.1, 0.15) is 0 Å². The Morgan fingerprint density at radius 1 is 1.29 bits per heavy atom. The molecule has 0 aliphatic heterocycles. The lowest BCUT2D eigenvalue weighted by atomic mass is 10.00. The number of amides is 1. The summed E-state index contributed by atoms with van der Waals surface area (Å²) in [6, 6.07) is 10.0. The SMILES string of the molecule is CC(CCCc1ccccc1)C(=O)NCC(C)(O)C(=O)O. The molecule has 0 aliphatic carbocycles. The largest absolute Gasteiger partial charge is 0.479 e. The average molecular weight is 293 g/mol. The van der Waals surface area contributed by atoms with E-state index in [9.17, 15) is 14.7 Å². The lowest BCUT2D eigenvalue weighted by molar-refractivity contribution is -0.156. The molecule has 0 spiro atoms. The molecular weight excluding hydrogens is 270 g/mol. The van der Waals surface area contributed by atoms with Crippen molar-refractivity contribution in [1.82, 2.24) is 5.32 Å². The number of nitrogens with one attached hydrogen (secondary N) is 1. The van der Waals surface area contributed by atoms with Gasteiger partial charge in [0.05, 0.1) is 6.54 Å². The van der Waals surface area contributed by atoms with E-state index in [0.29, 0.717) is 0 Å². The molecule has 0 bridgehead atoms. The molecule has 116 valence electrons. The van der Waals surface area contributed by atoms with Crippen molar-refractivity contribution >= 4 is 11.9 Å². The Hall–Kier alpha value is -1.88. The monoisotopic (exact) mass is 293 g/mol. The molecule has 0 saturated carbocycles. The van der Waals surface area contributed by atoms with E-state index in [1.807, 2.05) is 18.2 Å². The normalized spacial score (nSPS) is 15.0. The Labute approximate surface area is 125 Å². The predicted octanol–water partition coefficient (Wildman–Crippen LogP) is 1.60. The molecule has 0 fully saturated rings. The maximum Gasteiger partial charge on any atom is 0.337 e. The maximum absolute atomic E-state index is 11.8. The second-order valence-corrected chi connectivity index (χ2v) is 5.58. The fraction of sp³-hybridized carbons (Fsp3) is 0.500. The third-order valence-electron chi connectivity index (χ3n) is 3.46. The summed E-state index contributed by atoms with van der Waals surface area (Å²) in [5, 5.41) is 20.8. The number of hydrogen-bond donors (Lipinski definition) is 3. The van der Waals surface area contributed by atoms with E-state index in [2.05, 4.69) is 17.4 Å². The first kappa shape index (κ1) is 17.2. The highest BCUT2D eigenvalue weighted by Gasteiger charge is 2.30. The average Bonchev–Trinajstić information content (AvgIpc) is 2.45. The van der Waals surface area contributed by atoms with E-state index in [1.165, 1.54) is 5.56 Å². The Morgan fingerprint density at radius 2 is 1.90 bits per heavy atom. The fourth-order valence-electron chi connectivity index (χ4n) is 1.90. The van der Waals surface area contributed by atoms with Crippen molar-refractivity contribution in [3.63, 3.8) is 0 Å². The van der Waals surface area contributed by atoms with Crippen molar-refractivity contribution in [1.29, 1.82) is 0 Å². The summed E-state index contributed by atoms with van der Waals surface area (Å²) in [5.74, 6) is -1.79. The second kappa shape index (κ2) is 7.78. The molecule has 0 saturated heterocycles. The third-order valence-corrected chi connectivity index (χ3v) is 3.46. The molecule has 0 radical (unpaired) electrons. The number of carboxylic acid groups (broad SMARTS) is 1. The number of carbonyl (C=O) groups is 2. The van der Waals surface area contributed by atoms with Crippen molar-refractivity contribution in [3.05, 3.63) is 35.9 Å². The van der Waals surface area contributed by atoms with Gasteiger partial charge in [0.15, 0.2) is 5.60 Å². The molecule has 3 N–H and O–H groups in total. The van der Waals surface area contributed by atoms with Crippen molar-refractivity contribution in [2.24, 2.45) is 5.92 Å². The van der Waals surface area contributed by atoms with Crippen molar-refractivity contribution in [2.45, 2.75) is 38.7 Å². The zero-order chi connectivity index (χ0) is 15.9. The molecule has 1 amide bonds. The number of aliphatic hydroxyl groups is 1. The van der Waals surface area contributed by atoms with Gasteiger partial charge in [-0.1, -0.05) is 37.3 Å². The highest BCUT2D eigenvalue weighted by molar-refractivity contribution is 5.81. The minimum Gasteiger partial charge on any atom is -0.479 e. The van der Waals surface area contributed by atoms with Gasteiger partial charge in [0.25, 0.3) is 0 Å². The molecular formula is C16H23NO4. The van der Waals surface area contributed by atoms with Gasteiger partial charge in [-0.15, -0.1) is 0 Å². The molecule has 1 aromatic carbocycles. The van der Waals surface area contributed by atoms with Gasteiger partial charge in [-0.25, -0.2) is 4.79 Å². The van der Waals surface area contributed by atoms with E-state index < -0.39 is 11.6 Å². The summed E-state index contributed by atoms with van der Waals surface area (Å²) < 4.78 is 0. The van der Waals surface area contributed by atoms with Crippen LogP contribution < -0.4 is 5.32 Å². The predicted molar refractivity (Wildman–Crippen MR) is 79.8 cm³/mol. The van der Waals surface area contributed by atoms with Gasteiger partial charge >= 0.3 is 5.97 Å². The summed E-state index contributed by atoms with van der Waals surface area (Å²) in [7, 11) is 0. The van der Waals surface area contributed by atoms with Crippen molar-refractivity contribution < 1.29 is 19.8 Å².